The Morgan fingerprint density at radius 2 is 1.85 bits per heavy atom. The van der Waals surface area contributed by atoms with E-state index in [0.717, 1.165) is 6.42 Å². The minimum atomic E-state index is 0.303. The first-order valence-electron chi connectivity index (χ1n) is 6.44. The van der Waals surface area contributed by atoms with Crippen LogP contribution in [0, 0.1) is 0 Å². The molecule has 0 aliphatic heterocycles. The van der Waals surface area contributed by atoms with Crippen LogP contribution in [0.1, 0.15) is 13.3 Å². The second-order valence-corrected chi connectivity index (χ2v) is 4.15. The van der Waals surface area contributed by atoms with E-state index in [4.69, 9.17) is 19.9 Å². The monoisotopic (exact) mass is 274 g/mol. The molecule has 1 aromatic carbocycles. The lowest BCUT2D eigenvalue weighted by Crippen LogP contribution is -2.00. The van der Waals surface area contributed by atoms with Gasteiger partial charge in [0.2, 0.25) is 11.8 Å². The third-order valence-electron chi connectivity index (χ3n) is 2.59. The number of nitrogens with two attached hydrogens (primary N) is 1. The second kappa shape index (κ2) is 6.65. The van der Waals surface area contributed by atoms with Gasteiger partial charge >= 0.3 is 0 Å². The van der Waals surface area contributed by atoms with Crippen LogP contribution in [0.3, 0.4) is 0 Å². The van der Waals surface area contributed by atoms with E-state index in [-0.39, 0.29) is 0 Å². The van der Waals surface area contributed by atoms with Gasteiger partial charge in [0.05, 0.1) is 19.4 Å². The van der Waals surface area contributed by atoms with Crippen LogP contribution in [0.25, 0.3) is 0 Å². The highest BCUT2D eigenvalue weighted by molar-refractivity contribution is 5.52. The molecule has 0 saturated carbocycles. The van der Waals surface area contributed by atoms with Gasteiger partial charge in [-0.25, -0.2) is 0 Å². The van der Waals surface area contributed by atoms with Gasteiger partial charge in [0.25, 0.3) is 0 Å². The normalized spacial score (nSPS) is 10.1. The Hall–Kier alpha value is -2.43. The van der Waals surface area contributed by atoms with E-state index in [1.54, 1.807) is 19.2 Å². The van der Waals surface area contributed by atoms with Crippen molar-refractivity contribution in [3.8, 4) is 23.3 Å². The Morgan fingerprint density at radius 3 is 2.55 bits per heavy atom. The summed E-state index contributed by atoms with van der Waals surface area (Å²) in [7, 11) is 1.54. The number of para-hydroxylation sites is 2. The Morgan fingerprint density at radius 1 is 1.10 bits per heavy atom. The molecule has 0 amide bonds. The van der Waals surface area contributed by atoms with Crippen molar-refractivity contribution in [3.63, 3.8) is 0 Å². The summed E-state index contributed by atoms with van der Waals surface area (Å²) in [6.07, 6.45) is 0.924. The molecule has 0 unspecified atom stereocenters. The molecule has 5 nitrogen and oxygen atoms in total. The number of nitrogens with zero attached hydrogens (tertiary/aromatic N) is 1. The minimum absolute atomic E-state index is 0.303. The fraction of sp³-hybridized carbons (Fsp3) is 0.267. The van der Waals surface area contributed by atoms with E-state index in [1.165, 1.54) is 0 Å². The molecule has 0 aliphatic carbocycles. The Labute approximate surface area is 118 Å². The number of ether oxygens (including phenoxy) is 3. The van der Waals surface area contributed by atoms with Crippen LogP contribution in [-0.4, -0.2) is 18.7 Å². The average molecular weight is 274 g/mol. The van der Waals surface area contributed by atoms with Crippen LogP contribution in [-0.2, 0) is 0 Å². The maximum Gasteiger partial charge on any atom is 0.246 e. The van der Waals surface area contributed by atoms with Crippen LogP contribution in [0.2, 0.25) is 0 Å². The highest BCUT2D eigenvalue weighted by Crippen LogP contribution is 2.33. The van der Waals surface area contributed by atoms with E-state index in [2.05, 4.69) is 4.98 Å². The Bertz CT molecular complexity index is 573. The highest BCUT2D eigenvalue weighted by Gasteiger charge is 2.10. The van der Waals surface area contributed by atoms with Gasteiger partial charge in [0.1, 0.15) is 0 Å². The zero-order valence-corrected chi connectivity index (χ0v) is 11.6. The van der Waals surface area contributed by atoms with Gasteiger partial charge in [-0.3, -0.25) is 0 Å². The van der Waals surface area contributed by atoms with Crippen molar-refractivity contribution < 1.29 is 14.2 Å². The summed E-state index contributed by atoms with van der Waals surface area (Å²) < 4.78 is 16.4. The standard InChI is InChI=1S/C15H18N2O3/c1-3-10-19-12-6-4-5-7-13(12)20-15-11(16)8-9-14(17-15)18-2/h4-9H,3,10,16H2,1-2H3. The third-order valence-corrected chi connectivity index (χ3v) is 2.59. The lowest BCUT2D eigenvalue weighted by Gasteiger charge is -2.12. The summed E-state index contributed by atoms with van der Waals surface area (Å²) in [5, 5.41) is 0. The van der Waals surface area contributed by atoms with Crippen molar-refractivity contribution in [2.24, 2.45) is 0 Å². The number of hydrogen-bond acceptors (Lipinski definition) is 5. The molecule has 0 saturated heterocycles. The molecule has 1 aromatic heterocycles. The number of pyridine rings is 1. The first-order valence-corrected chi connectivity index (χ1v) is 6.44. The molecule has 0 atom stereocenters. The molecular weight excluding hydrogens is 256 g/mol. The van der Waals surface area contributed by atoms with E-state index in [1.807, 2.05) is 31.2 Å². The molecule has 0 radical (unpaired) electrons. The molecule has 0 bridgehead atoms. The van der Waals surface area contributed by atoms with Gasteiger partial charge in [0.15, 0.2) is 11.5 Å². The predicted molar refractivity (Wildman–Crippen MR) is 77.5 cm³/mol. The molecule has 0 fully saturated rings. The molecular formula is C15H18N2O3. The molecule has 0 spiro atoms. The zero-order valence-electron chi connectivity index (χ0n) is 11.6. The second-order valence-electron chi connectivity index (χ2n) is 4.15. The third kappa shape index (κ3) is 3.32. The largest absolute Gasteiger partial charge is 0.490 e. The Kier molecular flexibility index (Phi) is 4.65. The number of anilines is 1. The summed E-state index contributed by atoms with van der Waals surface area (Å²) in [6.45, 7) is 2.67. The number of rotatable bonds is 6. The van der Waals surface area contributed by atoms with E-state index in [9.17, 15) is 0 Å². The summed E-state index contributed by atoms with van der Waals surface area (Å²) in [6, 6.07) is 10.8. The van der Waals surface area contributed by atoms with Gasteiger partial charge < -0.3 is 19.9 Å². The van der Waals surface area contributed by atoms with Crippen LogP contribution in [0.4, 0.5) is 5.69 Å². The number of aromatic nitrogens is 1. The quantitative estimate of drug-likeness (QED) is 0.875. The van der Waals surface area contributed by atoms with Crippen molar-refractivity contribution in [1.82, 2.24) is 4.98 Å². The number of methoxy groups -OCH3 is 1. The summed E-state index contributed by atoms with van der Waals surface area (Å²) in [5.41, 5.74) is 6.30. The molecule has 2 N–H and O–H groups in total. The van der Waals surface area contributed by atoms with Gasteiger partial charge in [-0.2, -0.15) is 4.98 Å². The lowest BCUT2D eigenvalue weighted by molar-refractivity contribution is 0.300. The fourth-order valence-electron chi connectivity index (χ4n) is 1.60. The van der Waals surface area contributed by atoms with Crippen LogP contribution in [0.5, 0.6) is 23.3 Å². The molecule has 2 rings (SSSR count). The summed E-state index contributed by atoms with van der Waals surface area (Å²) in [5.74, 6) is 1.99. The topological polar surface area (TPSA) is 66.6 Å². The van der Waals surface area contributed by atoms with Gasteiger partial charge in [-0.05, 0) is 24.6 Å². The summed E-state index contributed by atoms with van der Waals surface area (Å²) in [4.78, 5) is 4.18. The minimum Gasteiger partial charge on any atom is -0.490 e. The average Bonchev–Trinajstić information content (AvgIpc) is 2.48. The molecule has 20 heavy (non-hydrogen) atoms. The SMILES string of the molecule is CCCOc1ccccc1Oc1nc(OC)ccc1N. The van der Waals surface area contributed by atoms with Crippen molar-refractivity contribution in [1.29, 1.82) is 0 Å². The fourth-order valence-corrected chi connectivity index (χ4v) is 1.60. The summed E-state index contributed by atoms with van der Waals surface area (Å²) >= 11 is 0. The molecule has 5 heteroatoms. The first-order chi connectivity index (χ1) is 9.74. The smallest absolute Gasteiger partial charge is 0.246 e. The Balaban J connectivity index is 2.25. The zero-order chi connectivity index (χ0) is 14.4. The van der Waals surface area contributed by atoms with E-state index >= 15 is 0 Å². The number of benzene rings is 1. The van der Waals surface area contributed by atoms with Crippen molar-refractivity contribution >= 4 is 5.69 Å². The van der Waals surface area contributed by atoms with E-state index < -0.39 is 0 Å². The van der Waals surface area contributed by atoms with Crippen molar-refractivity contribution in [2.45, 2.75) is 13.3 Å². The molecule has 0 aliphatic rings. The molecule has 1 heterocycles. The number of nitrogen functional groups attached to an aromatic ring is 1. The van der Waals surface area contributed by atoms with Crippen molar-refractivity contribution in [3.05, 3.63) is 36.4 Å². The highest BCUT2D eigenvalue weighted by atomic mass is 16.5. The maximum atomic E-state index is 5.86. The van der Waals surface area contributed by atoms with Crippen molar-refractivity contribution in [2.75, 3.05) is 19.5 Å². The lowest BCUT2D eigenvalue weighted by atomic mass is 10.3. The van der Waals surface area contributed by atoms with Crippen LogP contribution < -0.4 is 19.9 Å². The van der Waals surface area contributed by atoms with Crippen LogP contribution in [0.15, 0.2) is 36.4 Å². The van der Waals surface area contributed by atoms with E-state index in [0.29, 0.717) is 35.6 Å². The molecule has 106 valence electrons. The first kappa shape index (κ1) is 14.0. The number of hydrogen-bond donors (Lipinski definition) is 1. The molecule has 2 aromatic rings. The van der Waals surface area contributed by atoms with Gasteiger partial charge in [-0.1, -0.05) is 19.1 Å². The van der Waals surface area contributed by atoms with Gasteiger partial charge in [0, 0.05) is 6.07 Å². The maximum absolute atomic E-state index is 5.86. The van der Waals surface area contributed by atoms with Gasteiger partial charge in [-0.15, -0.1) is 0 Å². The predicted octanol–water partition coefficient (Wildman–Crippen LogP) is 3.25. The van der Waals surface area contributed by atoms with Crippen LogP contribution >= 0.6 is 0 Å².